The van der Waals surface area contributed by atoms with E-state index in [1.54, 1.807) is 0 Å². The van der Waals surface area contributed by atoms with Crippen molar-refractivity contribution < 1.29 is 157 Å². The van der Waals surface area contributed by atoms with E-state index in [9.17, 15) is 85.9 Å². The van der Waals surface area contributed by atoms with Gasteiger partial charge in [0.1, 0.15) is 162 Å². The molecule has 133 heavy (non-hydrogen) atoms. The van der Waals surface area contributed by atoms with Crippen LogP contribution in [-0.2, 0) is 68.5 Å². The SMILES string of the molecule is CNC(=O)[C@H]1NC(=O)[C@H]2NC(=O)[C@H](NC(=O)[C@@H]3NC(=O)[C@H]4NC(=O)[C@@H](Cc5ccc(c(Cl)c5)Oc5cc3cc(c5O[C@@H]3O[C@H](CO)[C@@H](O)[C@H](O)[C@H]3NC(=O)CCCCCCC(C)C)Oc3ccc(cc3Cl)[C@H]2O[C@@H]2O[C@H](CO)[C@@H](O)[C@H](O)[C@H]2NC(C)=O)NC(=O)[C@@H](N)c2ccc(O)c(c2)Oc2cc(O)cc4c2)c2ccc(O)c(c2)-c2c(O[C@H]3O[C@H](CO)[C@@H](O)[C@H](O)[C@@H]3O)cc(O)cc21. The summed E-state index contributed by atoms with van der Waals surface area (Å²) in [4.78, 5) is 140. The molecule has 17 bridgehead atoms. The van der Waals surface area contributed by atoms with Crippen LogP contribution in [0.4, 0.5) is 0 Å². The van der Waals surface area contributed by atoms with Crippen molar-refractivity contribution in [2.24, 2.45) is 11.7 Å². The Kier molecular flexibility index (Phi) is 30.0. The fourth-order valence-electron chi connectivity index (χ4n) is 16.6. The number of aromatic hydroxyl groups is 4. The van der Waals surface area contributed by atoms with Gasteiger partial charge in [-0.05, 0) is 130 Å². The van der Waals surface area contributed by atoms with Gasteiger partial charge in [-0.3, -0.25) is 43.2 Å². The van der Waals surface area contributed by atoms with E-state index < -0.39 is 304 Å². The molecular formula is C89H100Cl2N10O32. The second kappa shape index (κ2) is 41.2. The molecule has 7 aromatic carbocycles. The lowest BCUT2D eigenvalue weighted by Gasteiger charge is -2.44. The largest absolute Gasteiger partial charge is 0.508 e. The summed E-state index contributed by atoms with van der Waals surface area (Å²) >= 11 is 14.8. The van der Waals surface area contributed by atoms with Crippen LogP contribution < -0.4 is 77.3 Å². The molecule has 44 heteroatoms. The maximum Gasteiger partial charge on any atom is 0.248 e. The monoisotopic (exact) mass is 1890 g/mol. The zero-order valence-corrected chi connectivity index (χ0v) is 72.9. The second-order valence-electron chi connectivity index (χ2n) is 33.5. The molecule has 9 heterocycles. The number of aliphatic hydroxyl groups excluding tert-OH is 10. The minimum atomic E-state index is -2.51. The van der Waals surface area contributed by atoms with Gasteiger partial charge in [0, 0.05) is 50.1 Å². The van der Waals surface area contributed by atoms with Crippen LogP contribution in [0.1, 0.15) is 135 Å². The molecular weight excluding hydrogens is 1790 g/mol. The second-order valence-corrected chi connectivity index (χ2v) is 34.3. The summed E-state index contributed by atoms with van der Waals surface area (Å²) in [5, 5.41) is 182. The number of rotatable bonds is 19. The number of aliphatic hydroxyl groups is 10. The van der Waals surface area contributed by atoms with E-state index in [4.69, 9.17) is 71.6 Å². The molecule has 25 N–H and O–H groups in total. The van der Waals surface area contributed by atoms with Gasteiger partial charge in [0.05, 0.1) is 29.9 Å². The molecule has 9 aliphatic rings. The molecule has 23 atom stereocenters. The molecule has 0 spiro atoms. The third-order valence-electron chi connectivity index (χ3n) is 23.6. The summed E-state index contributed by atoms with van der Waals surface area (Å²) in [7, 11) is 1.10. The molecule has 0 radical (unpaired) electrons. The first kappa shape index (κ1) is 97.0. The number of hydrogen-bond acceptors (Lipinski definition) is 33. The molecule has 3 saturated heterocycles. The lowest BCUT2D eigenvalue weighted by Crippen LogP contribution is -2.65. The Hall–Kier alpha value is -12.1. The molecule has 7 aromatic rings. The molecule has 0 saturated carbocycles. The van der Waals surface area contributed by atoms with Gasteiger partial charge in [-0.1, -0.05) is 87.0 Å². The number of carbonyl (C=O) groups is 9. The van der Waals surface area contributed by atoms with Crippen LogP contribution in [0.5, 0.6) is 69.0 Å². The fraction of sp³-hybridized carbons (Fsp3) is 0.427. The number of phenols is 4. The average molecular weight is 1890 g/mol. The van der Waals surface area contributed by atoms with Gasteiger partial charge in [0.2, 0.25) is 71.5 Å². The molecule has 0 aromatic heterocycles. The number of nitrogens with one attached hydrogen (secondary N) is 9. The number of phenolic OH excluding ortho intramolecular Hbond substituents is 4. The van der Waals surface area contributed by atoms with Crippen LogP contribution in [0.2, 0.25) is 10.0 Å². The Balaban J connectivity index is 1.04. The standard InChI is InChI=1S/C89H100Cl2N10O32/c1-34(2)9-7-5-6-8-10-61(110)96-69-75(115)72(112)59(32-103)130-88(69)133-79-56-26-41-27-57(79)127-53-18-14-39(24-48(53)91)78(132-87-68(94-35(3)105)74(114)71(111)58(31-102)129-87)70-86(124)100-67(82(120)93-4)46-29-43(107)30-55(128-89-77(117)76(116)73(113)60(33-104)131-89)62(46)45-23-38(13-15-50(45)108)64(83(121)101-70)98-85(123)66(41)99-84(122)65-40-21-42(106)28-44(22-40)125-54-25-37(12-16-51(54)109)63(92)81(119)95-49(80(118)97-65)20-36-11-17-52(126-56)47(90)19-36/h11-19,21-30,34,49,58-60,63-78,87-89,102-104,106-109,111-117H,5-10,20,31-33,92H2,1-4H3,(H,93,120)(H,94,105)(H,95,119)(H,96,110)(H,97,118)(H,98,123)(H,99,122)(H,100,124)(H,101,121)/t49-,58-,59-,60-,63+,64-,65+,66-,67+,68-,69-,70+,71-,72-,73-,74-,75-,76+,77+,78-,87+,88+,89+/m1/s1. The zero-order chi connectivity index (χ0) is 95.6. The number of amides is 9. The summed E-state index contributed by atoms with van der Waals surface area (Å²) in [5.74, 6) is -17.7. The van der Waals surface area contributed by atoms with Crippen molar-refractivity contribution >= 4 is 76.4 Å². The lowest BCUT2D eigenvalue weighted by molar-refractivity contribution is -0.284. The molecule has 9 amide bonds. The Labute approximate surface area is 766 Å². The van der Waals surface area contributed by atoms with E-state index in [0.717, 1.165) is 118 Å². The Morgan fingerprint density at radius 3 is 1.69 bits per heavy atom. The number of ether oxygens (including phenoxy) is 9. The molecule has 9 aliphatic heterocycles. The number of benzene rings is 7. The molecule has 16 rings (SSSR count). The van der Waals surface area contributed by atoms with E-state index >= 15 is 28.8 Å². The highest BCUT2D eigenvalue weighted by Gasteiger charge is 2.52. The summed E-state index contributed by atoms with van der Waals surface area (Å²) in [5.41, 5.74) is 3.37. The number of carbonyl (C=O) groups excluding carboxylic acids is 9. The topological polar surface area (TPSA) is 654 Å². The highest BCUT2D eigenvalue weighted by atomic mass is 35.5. The van der Waals surface area contributed by atoms with Gasteiger partial charge in [-0.15, -0.1) is 0 Å². The van der Waals surface area contributed by atoms with E-state index in [0.29, 0.717) is 18.8 Å². The normalized spacial score (nSPS) is 28.8. The summed E-state index contributed by atoms with van der Waals surface area (Å²) in [6.45, 7) is 2.05. The number of fused-ring (bicyclic) bond motifs is 14. The van der Waals surface area contributed by atoms with Crippen LogP contribution in [-0.4, -0.2) is 256 Å². The highest BCUT2D eigenvalue weighted by Crippen LogP contribution is 2.51. The first-order valence-electron chi connectivity index (χ1n) is 42.5. The summed E-state index contributed by atoms with van der Waals surface area (Å²) in [6.07, 6.45) is -25.5. The van der Waals surface area contributed by atoms with Crippen LogP contribution in [0.25, 0.3) is 11.1 Å². The number of hydrogen-bond donors (Lipinski definition) is 24. The van der Waals surface area contributed by atoms with Gasteiger partial charge in [-0.25, -0.2) is 0 Å². The summed E-state index contributed by atoms with van der Waals surface area (Å²) < 4.78 is 57.8. The number of halogens is 2. The minimum Gasteiger partial charge on any atom is -0.508 e. The van der Waals surface area contributed by atoms with Crippen molar-refractivity contribution in [3.63, 3.8) is 0 Å². The van der Waals surface area contributed by atoms with Crippen molar-refractivity contribution in [2.45, 2.75) is 206 Å². The summed E-state index contributed by atoms with van der Waals surface area (Å²) in [6, 6.07) is 1.84. The number of unbranched alkanes of at least 4 members (excludes halogenated alkanes) is 3. The first-order chi connectivity index (χ1) is 63.4. The van der Waals surface area contributed by atoms with E-state index in [2.05, 4.69) is 61.7 Å². The van der Waals surface area contributed by atoms with Gasteiger partial charge in [-0.2, -0.15) is 0 Å². The minimum absolute atomic E-state index is 0.0333. The molecule has 0 unspecified atom stereocenters. The van der Waals surface area contributed by atoms with Crippen molar-refractivity contribution in [3.05, 3.63) is 164 Å². The van der Waals surface area contributed by atoms with E-state index in [1.807, 2.05) is 0 Å². The predicted molar refractivity (Wildman–Crippen MR) is 460 cm³/mol. The van der Waals surface area contributed by atoms with E-state index in [1.165, 1.54) is 30.3 Å². The fourth-order valence-corrected chi connectivity index (χ4v) is 17.1. The van der Waals surface area contributed by atoms with Gasteiger partial charge in [0.15, 0.2) is 29.3 Å². The molecule has 42 nitrogen and oxygen atoms in total. The van der Waals surface area contributed by atoms with Gasteiger partial charge < -0.3 is 168 Å². The first-order valence-corrected chi connectivity index (χ1v) is 43.2. The van der Waals surface area contributed by atoms with Crippen molar-refractivity contribution in [1.29, 1.82) is 0 Å². The molecule has 0 aliphatic carbocycles. The molecule has 3 fully saturated rings. The Morgan fingerprint density at radius 1 is 0.504 bits per heavy atom. The third kappa shape index (κ3) is 21.1. The van der Waals surface area contributed by atoms with Crippen molar-refractivity contribution in [3.8, 4) is 80.1 Å². The van der Waals surface area contributed by atoms with Crippen LogP contribution in [0, 0.1) is 5.92 Å². The maximum absolute atomic E-state index is 17.1. The zero-order valence-electron chi connectivity index (χ0n) is 71.3. The lowest BCUT2D eigenvalue weighted by atomic mass is 9.89. The van der Waals surface area contributed by atoms with Gasteiger partial charge >= 0.3 is 0 Å². The Morgan fingerprint density at radius 2 is 1.06 bits per heavy atom. The quantitative estimate of drug-likeness (QED) is 0.0495. The van der Waals surface area contributed by atoms with Crippen molar-refractivity contribution in [1.82, 2.24) is 47.9 Å². The van der Waals surface area contributed by atoms with Crippen LogP contribution >= 0.6 is 23.2 Å². The van der Waals surface area contributed by atoms with Gasteiger partial charge in [0.25, 0.3) is 0 Å². The van der Waals surface area contributed by atoms with Crippen LogP contribution in [0.15, 0.2) is 115 Å². The van der Waals surface area contributed by atoms with Crippen LogP contribution in [0.3, 0.4) is 0 Å². The number of likely N-dealkylation sites (N-methyl/N-ethyl adjacent to an activating group) is 1. The third-order valence-corrected chi connectivity index (χ3v) is 24.2. The maximum atomic E-state index is 17.1. The number of nitrogens with two attached hydrogens (primary N) is 1. The predicted octanol–water partition coefficient (Wildman–Crippen LogP) is 0.681. The average Bonchev–Trinajstić information content (AvgIpc) is 0.767. The molecule has 712 valence electrons. The smallest absolute Gasteiger partial charge is 0.248 e. The Bertz CT molecular complexity index is 5580. The van der Waals surface area contributed by atoms with Crippen molar-refractivity contribution in [2.75, 3.05) is 26.9 Å². The van der Waals surface area contributed by atoms with E-state index in [-0.39, 0.29) is 50.9 Å². The highest BCUT2D eigenvalue weighted by molar-refractivity contribution is 6.32.